The molecule has 0 spiro atoms. The first kappa shape index (κ1) is 15.3. The largest absolute Gasteiger partial charge is 0.459 e. The highest BCUT2D eigenvalue weighted by atomic mass is 33.1. The maximum Gasteiger partial charge on any atom is 0.352 e. The molecule has 0 saturated carbocycles. The van der Waals surface area contributed by atoms with Gasteiger partial charge in [-0.1, -0.05) is 26.4 Å². The van der Waals surface area contributed by atoms with Gasteiger partial charge >= 0.3 is 11.9 Å². The number of carbonyl (C=O) groups is 2. The van der Waals surface area contributed by atoms with E-state index in [4.69, 9.17) is 9.47 Å². The van der Waals surface area contributed by atoms with Crippen molar-refractivity contribution in [2.24, 2.45) is 0 Å². The first-order chi connectivity index (χ1) is 8.41. The first-order valence-corrected chi connectivity index (χ1v) is 8.52. The summed E-state index contributed by atoms with van der Waals surface area (Å²) in [6, 6.07) is 0. The van der Waals surface area contributed by atoms with Crippen LogP contribution in [0.2, 0.25) is 0 Å². The van der Waals surface area contributed by atoms with Gasteiger partial charge < -0.3 is 9.47 Å². The molecule has 0 amide bonds. The average Bonchev–Trinajstić information content (AvgIpc) is 2.68. The molecule has 4 nitrogen and oxygen atoms in total. The number of hydrogen-bond acceptors (Lipinski definition) is 5. The first-order valence-electron chi connectivity index (χ1n) is 5.73. The predicted octanol–water partition coefficient (Wildman–Crippen LogP) is 2.51. The molecule has 102 valence electrons. The van der Waals surface area contributed by atoms with E-state index in [1.54, 1.807) is 27.7 Å². The van der Waals surface area contributed by atoms with Gasteiger partial charge in [-0.2, -0.15) is 0 Å². The van der Waals surface area contributed by atoms with Crippen LogP contribution in [0.5, 0.6) is 0 Å². The lowest BCUT2D eigenvalue weighted by molar-refractivity contribution is -0.144. The molecule has 0 aliphatic carbocycles. The van der Waals surface area contributed by atoms with Gasteiger partial charge in [-0.15, -0.1) is 0 Å². The highest BCUT2D eigenvalue weighted by Crippen LogP contribution is 2.39. The Morgan fingerprint density at radius 1 is 1.11 bits per heavy atom. The second-order valence-electron chi connectivity index (χ2n) is 4.22. The molecule has 1 rings (SSSR count). The summed E-state index contributed by atoms with van der Waals surface area (Å²) in [7, 11) is 0.985. The molecule has 1 heterocycles. The van der Waals surface area contributed by atoms with E-state index in [0.29, 0.717) is 5.75 Å². The molecule has 1 atom stereocenters. The Morgan fingerprint density at radius 2 is 1.61 bits per heavy atom. The molecule has 6 heteroatoms. The Hall–Kier alpha value is -0.750. The molecule has 0 aromatic rings. The van der Waals surface area contributed by atoms with Gasteiger partial charge in [0, 0.05) is 5.75 Å². The summed E-state index contributed by atoms with van der Waals surface area (Å²) >= 11 is 0. The van der Waals surface area contributed by atoms with Gasteiger partial charge in [-0.05, 0) is 33.1 Å². The van der Waals surface area contributed by atoms with Crippen molar-refractivity contribution in [1.29, 1.82) is 0 Å². The Kier molecular flexibility index (Phi) is 5.95. The fourth-order valence-electron chi connectivity index (χ4n) is 1.21. The highest BCUT2D eigenvalue weighted by Gasteiger charge is 2.28. The van der Waals surface area contributed by atoms with E-state index in [1.807, 2.05) is 11.5 Å². The SMILES string of the molecule is CC(C)OC(=O)C(C(=O)OC(C)C)=S1CC=CS1. The van der Waals surface area contributed by atoms with E-state index < -0.39 is 21.5 Å². The fourth-order valence-corrected chi connectivity index (χ4v) is 4.53. The van der Waals surface area contributed by atoms with Crippen LogP contribution in [-0.2, 0) is 19.1 Å². The second-order valence-corrected chi connectivity index (χ2v) is 7.90. The predicted molar refractivity (Wildman–Crippen MR) is 76.7 cm³/mol. The molecule has 0 radical (unpaired) electrons. The van der Waals surface area contributed by atoms with Crippen LogP contribution >= 0.6 is 20.3 Å². The van der Waals surface area contributed by atoms with Gasteiger partial charge in [0.1, 0.15) is 0 Å². The van der Waals surface area contributed by atoms with Crippen molar-refractivity contribution in [3.05, 3.63) is 11.5 Å². The van der Waals surface area contributed by atoms with Gasteiger partial charge in [0.15, 0.2) is 4.86 Å². The summed E-state index contributed by atoms with van der Waals surface area (Å²) in [6.07, 6.45) is 1.45. The lowest BCUT2D eigenvalue weighted by Crippen LogP contribution is -2.31. The van der Waals surface area contributed by atoms with Crippen molar-refractivity contribution >= 4 is 37.1 Å². The molecule has 18 heavy (non-hydrogen) atoms. The standard InChI is InChI=1S/C12H18O4S2/c1-8(2)15-11(13)10(12(14)16-9(3)4)18-7-5-6-17-18/h5-6,8-9H,7H2,1-4H3. The van der Waals surface area contributed by atoms with Crippen molar-refractivity contribution in [2.45, 2.75) is 39.9 Å². The third kappa shape index (κ3) is 4.49. The summed E-state index contributed by atoms with van der Waals surface area (Å²) in [6.45, 7) is 7.03. The van der Waals surface area contributed by atoms with Gasteiger partial charge in [0.25, 0.3) is 0 Å². The van der Waals surface area contributed by atoms with Crippen molar-refractivity contribution in [3.8, 4) is 0 Å². The molecule has 0 bridgehead atoms. The number of carbonyl (C=O) groups excluding carboxylic acids is 2. The smallest absolute Gasteiger partial charge is 0.352 e. The number of esters is 2. The number of hydrogen-bond donors (Lipinski definition) is 0. The maximum absolute atomic E-state index is 12.0. The van der Waals surface area contributed by atoms with Gasteiger partial charge in [0.2, 0.25) is 0 Å². The molecule has 0 aromatic heterocycles. The number of rotatable bonds is 4. The van der Waals surface area contributed by atoms with Crippen LogP contribution < -0.4 is 0 Å². The zero-order valence-electron chi connectivity index (χ0n) is 11.0. The van der Waals surface area contributed by atoms with Gasteiger partial charge in [0.05, 0.1) is 12.2 Å². The summed E-state index contributed by atoms with van der Waals surface area (Å²) in [5.41, 5.74) is 0. The molecule has 1 aliphatic heterocycles. The van der Waals surface area contributed by atoms with Crippen LogP contribution in [0.4, 0.5) is 0 Å². The summed E-state index contributed by atoms with van der Waals surface area (Å²) in [5.74, 6) is -0.439. The summed E-state index contributed by atoms with van der Waals surface area (Å²) in [4.78, 5) is 24.1. The van der Waals surface area contributed by atoms with Crippen LogP contribution in [0.3, 0.4) is 0 Å². The van der Waals surface area contributed by atoms with Gasteiger partial charge in [-0.3, -0.25) is 0 Å². The van der Waals surface area contributed by atoms with Crippen molar-refractivity contribution < 1.29 is 19.1 Å². The van der Waals surface area contributed by atoms with Crippen molar-refractivity contribution in [1.82, 2.24) is 0 Å². The average molecular weight is 290 g/mol. The Balaban J connectivity index is 2.93. The molecule has 0 saturated heterocycles. The van der Waals surface area contributed by atoms with E-state index in [0.717, 1.165) is 0 Å². The van der Waals surface area contributed by atoms with Crippen LogP contribution in [0.15, 0.2) is 11.5 Å². The van der Waals surface area contributed by atoms with E-state index in [9.17, 15) is 9.59 Å². The Bertz CT molecular complexity index is 363. The Morgan fingerprint density at radius 3 is 1.94 bits per heavy atom. The lowest BCUT2D eigenvalue weighted by Gasteiger charge is -2.14. The van der Waals surface area contributed by atoms with Crippen LogP contribution in [0, 0.1) is 0 Å². The van der Waals surface area contributed by atoms with E-state index in [1.165, 1.54) is 10.8 Å². The zero-order chi connectivity index (χ0) is 13.7. The van der Waals surface area contributed by atoms with Gasteiger partial charge in [-0.25, -0.2) is 9.59 Å². The normalized spacial score (nSPS) is 18.2. The molecule has 0 aromatic carbocycles. The quantitative estimate of drug-likeness (QED) is 0.345. The minimum absolute atomic E-state index is 0.132. The third-order valence-electron chi connectivity index (χ3n) is 1.80. The molecule has 0 N–H and O–H groups in total. The van der Waals surface area contributed by atoms with E-state index in [-0.39, 0.29) is 17.1 Å². The summed E-state index contributed by atoms with van der Waals surface area (Å²) < 4.78 is 10.2. The van der Waals surface area contributed by atoms with E-state index in [2.05, 4.69) is 0 Å². The molecule has 1 aliphatic rings. The minimum Gasteiger partial charge on any atom is -0.459 e. The summed E-state index contributed by atoms with van der Waals surface area (Å²) in [5, 5.41) is 1.90. The number of ether oxygens (including phenoxy) is 2. The Labute approximate surface area is 113 Å². The maximum atomic E-state index is 12.0. The monoisotopic (exact) mass is 290 g/mol. The highest BCUT2D eigenvalue weighted by molar-refractivity contribution is 8.85. The molecular weight excluding hydrogens is 272 g/mol. The zero-order valence-corrected chi connectivity index (χ0v) is 12.6. The van der Waals surface area contributed by atoms with Crippen LogP contribution in [0.25, 0.3) is 0 Å². The molecular formula is C12H18O4S2. The molecule has 1 unspecified atom stereocenters. The second kappa shape index (κ2) is 6.99. The fraction of sp³-hybridized carbons (Fsp3) is 0.583. The lowest BCUT2D eigenvalue weighted by atomic mass is 10.4. The topological polar surface area (TPSA) is 52.6 Å². The van der Waals surface area contributed by atoms with Crippen molar-refractivity contribution in [3.63, 3.8) is 0 Å². The third-order valence-corrected chi connectivity index (χ3v) is 5.56. The molecule has 0 fully saturated rings. The van der Waals surface area contributed by atoms with E-state index >= 15 is 0 Å². The van der Waals surface area contributed by atoms with Crippen LogP contribution in [-0.4, -0.2) is 34.8 Å². The minimum atomic E-state index is -0.560. The van der Waals surface area contributed by atoms with Crippen LogP contribution in [0.1, 0.15) is 27.7 Å². The van der Waals surface area contributed by atoms with Crippen molar-refractivity contribution in [2.75, 3.05) is 5.75 Å².